The third kappa shape index (κ3) is 15.3. The van der Waals surface area contributed by atoms with E-state index in [1.165, 1.54) is 12.8 Å². The third-order valence-corrected chi connectivity index (χ3v) is 2.19. The van der Waals surface area contributed by atoms with Crippen molar-refractivity contribution in [3.05, 3.63) is 0 Å². The highest BCUT2D eigenvalue weighted by Crippen LogP contribution is 1.80. The maximum Gasteiger partial charge on any atom is 0.317 e. The molecule has 102 valence electrons. The lowest BCUT2D eigenvalue weighted by atomic mass is 10.3. The predicted octanol–water partition coefficient (Wildman–Crippen LogP) is -0.813. The fourth-order valence-corrected chi connectivity index (χ4v) is 1.25. The third-order valence-electron chi connectivity index (χ3n) is 2.19. The van der Waals surface area contributed by atoms with E-state index in [1.807, 2.05) is 0 Å². The maximum absolute atomic E-state index is 10.2. The number of carboxylic acid groups (broad SMARTS) is 1. The van der Waals surface area contributed by atoms with Gasteiger partial charge in [0.2, 0.25) is 0 Å². The van der Waals surface area contributed by atoms with Gasteiger partial charge < -0.3 is 21.1 Å². The number of carbonyl (C=O) groups is 1. The molecule has 5 N–H and O–H groups in total. The van der Waals surface area contributed by atoms with Gasteiger partial charge in [-0.25, -0.2) is 0 Å². The van der Waals surface area contributed by atoms with Crippen molar-refractivity contribution < 1.29 is 9.90 Å². The first-order chi connectivity index (χ1) is 8.27. The molecule has 0 aliphatic rings. The molecule has 0 aromatic heterocycles. The Hall–Kier alpha value is -0.690. The second kappa shape index (κ2) is 13.4. The highest BCUT2D eigenvalue weighted by atomic mass is 16.4. The second-order valence-electron chi connectivity index (χ2n) is 3.85. The number of hydrogen-bond acceptors (Lipinski definition) is 5. The van der Waals surface area contributed by atoms with E-state index >= 15 is 0 Å². The van der Waals surface area contributed by atoms with Crippen LogP contribution in [0, 0.1) is 0 Å². The Labute approximate surface area is 104 Å². The van der Waals surface area contributed by atoms with E-state index in [4.69, 9.17) is 5.11 Å². The number of nitrogens with one attached hydrogen (secondary N) is 4. The molecule has 0 saturated carbocycles. The van der Waals surface area contributed by atoms with Crippen LogP contribution in [0.1, 0.15) is 19.8 Å². The Morgan fingerprint density at radius 1 is 0.941 bits per heavy atom. The lowest BCUT2D eigenvalue weighted by molar-refractivity contribution is -0.135. The maximum atomic E-state index is 10.2. The molecule has 0 rings (SSSR count). The van der Waals surface area contributed by atoms with Crippen LogP contribution >= 0.6 is 0 Å². The zero-order valence-corrected chi connectivity index (χ0v) is 10.7. The van der Waals surface area contributed by atoms with Crippen LogP contribution in [0.15, 0.2) is 0 Å². The Morgan fingerprint density at radius 2 is 1.53 bits per heavy atom. The van der Waals surface area contributed by atoms with Gasteiger partial charge in [-0.05, 0) is 13.0 Å². The van der Waals surface area contributed by atoms with E-state index < -0.39 is 5.97 Å². The molecule has 0 heterocycles. The molecule has 0 spiro atoms. The molecular weight excluding hydrogens is 220 g/mol. The summed E-state index contributed by atoms with van der Waals surface area (Å²) in [7, 11) is 0. The summed E-state index contributed by atoms with van der Waals surface area (Å²) in [5.74, 6) is -0.830. The van der Waals surface area contributed by atoms with E-state index in [1.54, 1.807) is 0 Å². The summed E-state index contributed by atoms with van der Waals surface area (Å²) in [6.45, 7) is 7.50. The lowest BCUT2D eigenvalue weighted by Crippen LogP contribution is -2.37. The van der Waals surface area contributed by atoms with Crippen LogP contribution in [-0.2, 0) is 4.79 Å². The minimum absolute atomic E-state index is 0.00176. The molecule has 0 unspecified atom stereocenters. The fraction of sp³-hybridized carbons (Fsp3) is 0.909. The molecule has 0 radical (unpaired) electrons. The van der Waals surface area contributed by atoms with Crippen molar-refractivity contribution in [2.45, 2.75) is 19.8 Å². The second-order valence-corrected chi connectivity index (χ2v) is 3.85. The first kappa shape index (κ1) is 16.3. The molecule has 0 aliphatic carbocycles. The molecule has 0 saturated heterocycles. The van der Waals surface area contributed by atoms with Crippen molar-refractivity contribution in [1.82, 2.24) is 21.3 Å². The molecule has 6 heteroatoms. The Bertz CT molecular complexity index is 179. The van der Waals surface area contributed by atoms with Gasteiger partial charge in [0.1, 0.15) is 0 Å². The summed E-state index contributed by atoms with van der Waals surface area (Å²) in [5, 5.41) is 20.9. The standard InChI is InChI=1S/C11H26N4O2/c1-2-3-4-12-5-6-13-7-8-14-10-15-9-11(16)17/h12-15H,2-10H2,1H3,(H,16,17). The quantitative estimate of drug-likeness (QED) is 0.216. The molecule has 6 nitrogen and oxygen atoms in total. The molecule has 0 amide bonds. The average Bonchev–Trinajstić information content (AvgIpc) is 2.30. The van der Waals surface area contributed by atoms with Crippen LogP contribution in [0.5, 0.6) is 0 Å². The van der Waals surface area contributed by atoms with Crippen LogP contribution in [0.3, 0.4) is 0 Å². The summed E-state index contributed by atoms with van der Waals surface area (Å²) in [6, 6.07) is 0. The van der Waals surface area contributed by atoms with E-state index in [9.17, 15) is 4.79 Å². The summed E-state index contributed by atoms with van der Waals surface area (Å²) in [6.07, 6.45) is 2.46. The molecule has 0 aromatic carbocycles. The number of aliphatic carboxylic acids is 1. The van der Waals surface area contributed by atoms with Crippen LogP contribution in [0.2, 0.25) is 0 Å². The van der Waals surface area contributed by atoms with Gasteiger partial charge in [-0.2, -0.15) is 0 Å². The van der Waals surface area contributed by atoms with Gasteiger partial charge in [0, 0.05) is 32.8 Å². The normalized spacial score (nSPS) is 10.6. The predicted molar refractivity (Wildman–Crippen MR) is 69.2 cm³/mol. The highest BCUT2D eigenvalue weighted by Gasteiger charge is 1.93. The Kier molecular flexibility index (Phi) is 12.8. The molecular formula is C11H26N4O2. The first-order valence-corrected chi connectivity index (χ1v) is 6.32. The van der Waals surface area contributed by atoms with Gasteiger partial charge in [-0.3, -0.25) is 10.1 Å². The van der Waals surface area contributed by atoms with E-state index in [0.717, 1.165) is 32.7 Å². The van der Waals surface area contributed by atoms with Gasteiger partial charge in [-0.1, -0.05) is 13.3 Å². The van der Waals surface area contributed by atoms with Crippen LogP contribution in [0.25, 0.3) is 0 Å². The van der Waals surface area contributed by atoms with Crippen molar-refractivity contribution in [1.29, 1.82) is 0 Å². The van der Waals surface area contributed by atoms with E-state index in [-0.39, 0.29) is 6.54 Å². The summed E-state index contributed by atoms with van der Waals surface area (Å²) in [4.78, 5) is 10.2. The minimum Gasteiger partial charge on any atom is -0.480 e. The number of unbranched alkanes of at least 4 members (excludes halogenated alkanes) is 1. The average molecular weight is 246 g/mol. The SMILES string of the molecule is CCCCNCCNCCNCNCC(=O)O. The molecule has 0 atom stereocenters. The van der Waals surface area contributed by atoms with Crippen LogP contribution < -0.4 is 21.3 Å². The fourth-order valence-electron chi connectivity index (χ4n) is 1.25. The molecule has 0 aromatic rings. The highest BCUT2D eigenvalue weighted by molar-refractivity contribution is 5.68. The van der Waals surface area contributed by atoms with Gasteiger partial charge in [0.05, 0.1) is 6.54 Å². The minimum atomic E-state index is -0.830. The van der Waals surface area contributed by atoms with Gasteiger partial charge in [0.15, 0.2) is 0 Å². The van der Waals surface area contributed by atoms with Crippen molar-refractivity contribution in [2.75, 3.05) is 45.9 Å². The topological polar surface area (TPSA) is 85.4 Å². The smallest absolute Gasteiger partial charge is 0.317 e. The number of carboxylic acids is 1. The van der Waals surface area contributed by atoms with Crippen molar-refractivity contribution in [3.8, 4) is 0 Å². The lowest BCUT2D eigenvalue weighted by Gasteiger charge is -2.07. The summed E-state index contributed by atoms with van der Waals surface area (Å²) in [5.41, 5.74) is 0. The van der Waals surface area contributed by atoms with Crippen LogP contribution in [0.4, 0.5) is 0 Å². The first-order valence-electron chi connectivity index (χ1n) is 6.32. The molecule has 0 bridgehead atoms. The zero-order valence-electron chi connectivity index (χ0n) is 10.7. The number of hydrogen-bond donors (Lipinski definition) is 5. The van der Waals surface area contributed by atoms with Crippen molar-refractivity contribution >= 4 is 5.97 Å². The van der Waals surface area contributed by atoms with Gasteiger partial charge >= 0.3 is 5.97 Å². The monoisotopic (exact) mass is 246 g/mol. The van der Waals surface area contributed by atoms with Crippen LogP contribution in [-0.4, -0.2) is 57.0 Å². The van der Waals surface area contributed by atoms with Crippen molar-refractivity contribution in [2.24, 2.45) is 0 Å². The number of rotatable bonds is 13. The Morgan fingerprint density at radius 3 is 2.12 bits per heavy atom. The molecule has 17 heavy (non-hydrogen) atoms. The van der Waals surface area contributed by atoms with Gasteiger partial charge in [-0.15, -0.1) is 0 Å². The van der Waals surface area contributed by atoms with E-state index in [0.29, 0.717) is 6.67 Å². The van der Waals surface area contributed by atoms with E-state index in [2.05, 4.69) is 28.2 Å². The largest absolute Gasteiger partial charge is 0.480 e. The molecule has 0 aliphatic heterocycles. The zero-order chi connectivity index (χ0) is 12.8. The molecule has 0 fully saturated rings. The van der Waals surface area contributed by atoms with Gasteiger partial charge in [0.25, 0.3) is 0 Å². The summed E-state index contributed by atoms with van der Waals surface area (Å²) >= 11 is 0. The van der Waals surface area contributed by atoms with Crippen molar-refractivity contribution in [3.63, 3.8) is 0 Å². The summed E-state index contributed by atoms with van der Waals surface area (Å²) < 4.78 is 0. The Balaban J connectivity index is 2.91.